The van der Waals surface area contributed by atoms with Crippen molar-refractivity contribution in [2.75, 3.05) is 27.4 Å². The van der Waals surface area contributed by atoms with Crippen molar-refractivity contribution in [3.05, 3.63) is 78.0 Å². The summed E-state index contributed by atoms with van der Waals surface area (Å²) < 4.78 is 14.5. The fourth-order valence-electron chi connectivity index (χ4n) is 2.99. The molecular weight excluding hydrogens is 384 g/mol. The van der Waals surface area contributed by atoms with E-state index >= 15 is 0 Å². The van der Waals surface area contributed by atoms with Gasteiger partial charge in [0.2, 0.25) is 0 Å². The highest BCUT2D eigenvalue weighted by Gasteiger charge is 2.17. The van der Waals surface area contributed by atoms with Crippen LogP contribution in [0, 0.1) is 0 Å². The van der Waals surface area contributed by atoms with Gasteiger partial charge >= 0.3 is 6.16 Å². The van der Waals surface area contributed by atoms with Gasteiger partial charge < -0.3 is 24.1 Å². The minimum absolute atomic E-state index is 0.0756. The Morgan fingerprint density at radius 3 is 2.57 bits per heavy atom. The Bertz CT molecular complexity index is 1030. The van der Waals surface area contributed by atoms with Crippen molar-refractivity contribution < 1.29 is 23.8 Å². The minimum Gasteiger partial charge on any atom is -0.497 e. The van der Waals surface area contributed by atoms with Crippen LogP contribution in [0.25, 0.3) is 10.9 Å². The lowest BCUT2D eigenvalue weighted by molar-refractivity contribution is 0.0751. The summed E-state index contributed by atoms with van der Waals surface area (Å²) in [6, 6.07) is 17.2. The first kappa shape index (κ1) is 21.0. The number of carbonyl (C=O) groups is 2. The van der Waals surface area contributed by atoms with Gasteiger partial charge in [-0.3, -0.25) is 4.79 Å². The van der Waals surface area contributed by atoms with Crippen molar-refractivity contribution in [1.29, 1.82) is 0 Å². The third kappa shape index (κ3) is 5.41. The Kier molecular flexibility index (Phi) is 7.10. The van der Waals surface area contributed by atoms with Crippen LogP contribution in [0.2, 0.25) is 0 Å². The zero-order valence-electron chi connectivity index (χ0n) is 17.0. The summed E-state index contributed by atoms with van der Waals surface area (Å²) in [7, 11) is 2.86. The highest BCUT2D eigenvalue weighted by molar-refractivity contribution is 5.98. The maximum absolute atomic E-state index is 13.2. The first-order chi connectivity index (χ1) is 14.6. The van der Waals surface area contributed by atoms with Crippen LogP contribution in [0.3, 0.4) is 0 Å². The summed E-state index contributed by atoms with van der Waals surface area (Å²) in [6.45, 7) is 0.879. The summed E-state index contributed by atoms with van der Waals surface area (Å²) in [5, 5.41) is 0.902. The molecule has 2 aromatic carbocycles. The van der Waals surface area contributed by atoms with Crippen LogP contribution < -0.4 is 4.74 Å². The van der Waals surface area contributed by atoms with Gasteiger partial charge in [-0.15, -0.1) is 0 Å². The number of ether oxygens (including phenoxy) is 3. The van der Waals surface area contributed by atoms with Gasteiger partial charge in [0, 0.05) is 24.0 Å². The third-order valence-electron chi connectivity index (χ3n) is 4.52. The summed E-state index contributed by atoms with van der Waals surface area (Å²) >= 11 is 0. The fourth-order valence-corrected chi connectivity index (χ4v) is 2.99. The number of aromatic nitrogens is 1. The van der Waals surface area contributed by atoms with Gasteiger partial charge in [0.15, 0.2) is 0 Å². The molecule has 7 nitrogen and oxygen atoms in total. The first-order valence-corrected chi connectivity index (χ1v) is 9.46. The molecule has 0 saturated carbocycles. The number of nitrogens with one attached hydrogen (secondary N) is 1. The number of methoxy groups -OCH3 is 2. The summed E-state index contributed by atoms with van der Waals surface area (Å²) in [6.07, 6.45) is 2.72. The van der Waals surface area contributed by atoms with Crippen LogP contribution in [-0.2, 0) is 16.0 Å². The van der Waals surface area contributed by atoms with Gasteiger partial charge in [-0.05, 0) is 35.9 Å². The minimum atomic E-state index is -0.745. The maximum Gasteiger partial charge on any atom is 0.508 e. The standard InChI is InChI=1S/C23H24N2O5/c1-28-19-10-11-20-18(14-19)15-21(24-20)22(26)25(16-17-8-4-3-5-9-17)12-6-7-13-30-23(27)29-2/h3-11,14-15,24H,12-13,16H2,1-2H3/b7-6+. The second-order valence-electron chi connectivity index (χ2n) is 6.54. The average molecular weight is 408 g/mol. The molecule has 156 valence electrons. The SMILES string of the molecule is COC(=O)OC/C=C/CN(Cc1ccccc1)C(=O)c1cc2cc(OC)ccc2[nH]1. The predicted octanol–water partition coefficient (Wildman–Crippen LogP) is 4.16. The first-order valence-electron chi connectivity index (χ1n) is 9.46. The van der Waals surface area contributed by atoms with E-state index in [0.717, 1.165) is 22.2 Å². The van der Waals surface area contributed by atoms with Gasteiger partial charge in [-0.25, -0.2) is 4.79 Å². The Morgan fingerprint density at radius 2 is 1.83 bits per heavy atom. The number of H-pyrrole nitrogens is 1. The average Bonchev–Trinajstić information content (AvgIpc) is 3.21. The Balaban J connectivity index is 1.77. The van der Waals surface area contributed by atoms with Crippen molar-refractivity contribution in [1.82, 2.24) is 9.88 Å². The van der Waals surface area contributed by atoms with Crippen molar-refractivity contribution in [3.63, 3.8) is 0 Å². The fraction of sp³-hybridized carbons (Fsp3) is 0.217. The molecule has 0 atom stereocenters. The quantitative estimate of drug-likeness (QED) is 0.447. The zero-order valence-corrected chi connectivity index (χ0v) is 17.0. The summed E-state index contributed by atoms with van der Waals surface area (Å²) in [5.41, 5.74) is 2.37. The van der Waals surface area contributed by atoms with E-state index in [4.69, 9.17) is 9.47 Å². The van der Waals surface area contributed by atoms with Gasteiger partial charge in [0.05, 0.1) is 14.2 Å². The lowest BCUT2D eigenvalue weighted by atomic mass is 10.2. The molecular formula is C23H24N2O5. The lowest BCUT2D eigenvalue weighted by Crippen LogP contribution is -2.31. The maximum atomic E-state index is 13.2. The molecule has 3 aromatic rings. The largest absolute Gasteiger partial charge is 0.508 e. The molecule has 7 heteroatoms. The van der Waals surface area contributed by atoms with Crippen LogP contribution >= 0.6 is 0 Å². The van der Waals surface area contributed by atoms with E-state index in [-0.39, 0.29) is 12.5 Å². The second-order valence-corrected chi connectivity index (χ2v) is 6.54. The Hall–Kier alpha value is -3.74. The van der Waals surface area contributed by atoms with Crippen LogP contribution in [0.4, 0.5) is 4.79 Å². The molecule has 0 unspecified atom stereocenters. The van der Waals surface area contributed by atoms with E-state index in [2.05, 4.69) is 9.72 Å². The smallest absolute Gasteiger partial charge is 0.497 e. The third-order valence-corrected chi connectivity index (χ3v) is 4.52. The van der Waals surface area contributed by atoms with Crippen LogP contribution in [-0.4, -0.2) is 49.3 Å². The molecule has 0 aliphatic rings. The zero-order chi connectivity index (χ0) is 21.3. The number of hydrogen-bond acceptors (Lipinski definition) is 5. The summed E-state index contributed by atoms with van der Waals surface area (Å²) in [4.78, 5) is 29.1. The van der Waals surface area contributed by atoms with Gasteiger partial charge in [0.25, 0.3) is 5.91 Å². The molecule has 1 aromatic heterocycles. The molecule has 0 saturated heterocycles. The van der Waals surface area contributed by atoms with E-state index in [1.54, 1.807) is 24.2 Å². The molecule has 3 rings (SSSR count). The van der Waals surface area contributed by atoms with E-state index in [9.17, 15) is 9.59 Å². The van der Waals surface area contributed by atoms with Gasteiger partial charge in [0.1, 0.15) is 18.1 Å². The van der Waals surface area contributed by atoms with Crippen molar-refractivity contribution in [2.24, 2.45) is 0 Å². The number of fused-ring (bicyclic) bond motifs is 1. The van der Waals surface area contributed by atoms with Crippen LogP contribution in [0.5, 0.6) is 5.75 Å². The van der Waals surface area contributed by atoms with Crippen molar-refractivity contribution in [2.45, 2.75) is 6.54 Å². The molecule has 1 amide bonds. The molecule has 0 aliphatic carbocycles. The Labute approximate surface area is 174 Å². The molecule has 0 bridgehead atoms. The monoisotopic (exact) mass is 408 g/mol. The van der Waals surface area contributed by atoms with Crippen molar-refractivity contribution >= 4 is 23.0 Å². The number of aromatic amines is 1. The highest BCUT2D eigenvalue weighted by atomic mass is 16.7. The predicted molar refractivity (Wildman–Crippen MR) is 114 cm³/mol. The van der Waals surface area contributed by atoms with E-state index < -0.39 is 6.16 Å². The number of rotatable bonds is 8. The van der Waals surface area contributed by atoms with Crippen molar-refractivity contribution in [3.8, 4) is 5.75 Å². The van der Waals surface area contributed by atoms with Crippen LogP contribution in [0.1, 0.15) is 16.1 Å². The highest BCUT2D eigenvalue weighted by Crippen LogP contribution is 2.22. The Morgan fingerprint density at radius 1 is 1.03 bits per heavy atom. The molecule has 1 N–H and O–H groups in total. The number of nitrogens with zero attached hydrogens (tertiary/aromatic N) is 1. The van der Waals surface area contributed by atoms with Crippen LogP contribution in [0.15, 0.2) is 66.7 Å². The molecule has 0 aliphatic heterocycles. The normalized spacial score (nSPS) is 10.9. The number of benzene rings is 2. The number of carbonyl (C=O) groups excluding carboxylic acids is 2. The summed E-state index contributed by atoms with van der Waals surface area (Å²) in [5.74, 6) is 0.600. The van der Waals surface area contributed by atoms with E-state index in [1.165, 1.54) is 7.11 Å². The molecule has 30 heavy (non-hydrogen) atoms. The van der Waals surface area contributed by atoms with E-state index in [0.29, 0.717) is 18.8 Å². The number of hydrogen-bond donors (Lipinski definition) is 1. The second kappa shape index (κ2) is 10.2. The molecule has 0 fully saturated rings. The van der Waals surface area contributed by atoms with E-state index in [1.807, 2.05) is 54.6 Å². The number of amides is 1. The topological polar surface area (TPSA) is 80.9 Å². The molecule has 1 heterocycles. The molecule has 0 spiro atoms. The lowest BCUT2D eigenvalue weighted by Gasteiger charge is -2.21. The molecule has 0 radical (unpaired) electrons. The van der Waals surface area contributed by atoms with Gasteiger partial charge in [-0.1, -0.05) is 36.4 Å². The van der Waals surface area contributed by atoms with Gasteiger partial charge in [-0.2, -0.15) is 0 Å².